The van der Waals surface area contributed by atoms with Crippen molar-refractivity contribution in [2.75, 3.05) is 5.32 Å². The Labute approximate surface area is 105 Å². The van der Waals surface area contributed by atoms with Gasteiger partial charge in [0.2, 0.25) is 0 Å². The smallest absolute Gasteiger partial charge is 0.137 e. The number of H-pyrrole nitrogens is 1. The molecule has 0 aliphatic carbocycles. The molecule has 18 heavy (non-hydrogen) atoms. The van der Waals surface area contributed by atoms with E-state index >= 15 is 0 Å². The van der Waals surface area contributed by atoms with Crippen molar-refractivity contribution in [1.29, 1.82) is 0 Å². The predicted molar refractivity (Wildman–Crippen MR) is 71.3 cm³/mol. The molecular weight excluding hydrogens is 226 g/mol. The highest BCUT2D eigenvalue weighted by atomic mass is 15.3. The van der Waals surface area contributed by atoms with Gasteiger partial charge in [0.1, 0.15) is 5.65 Å². The number of aryl methyl sites for hydroxylation is 1. The van der Waals surface area contributed by atoms with Gasteiger partial charge in [-0.05, 0) is 24.6 Å². The predicted octanol–water partition coefficient (Wildman–Crippen LogP) is 2.39. The molecule has 5 nitrogen and oxygen atoms in total. The third kappa shape index (κ3) is 1.95. The number of hydrogen-bond acceptors (Lipinski definition) is 3. The van der Waals surface area contributed by atoms with Crippen LogP contribution in [0.25, 0.3) is 11.0 Å². The highest BCUT2D eigenvalue weighted by Gasteiger charge is 2.04. The first-order chi connectivity index (χ1) is 8.86. The average Bonchev–Trinajstić information content (AvgIpc) is 3.03. The summed E-state index contributed by atoms with van der Waals surface area (Å²) in [5.74, 6) is 0. The highest BCUT2D eigenvalue weighted by Crippen LogP contribution is 2.17. The van der Waals surface area contributed by atoms with Gasteiger partial charge < -0.3 is 10.3 Å². The van der Waals surface area contributed by atoms with E-state index in [9.17, 15) is 0 Å². The molecule has 0 spiro atoms. The zero-order chi connectivity index (χ0) is 12.4. The Bertz CT molecular complexity index is 652. The van der Waals surface area contributed by atoms with Crippen LogP contribution >= 0.6 is 0 Å². The molecule has 0 unspecified atom stereocenters. The van der Waals surface area contributed by atoms with Crippen molar-refractivity contribution in [2.24, 2.45) is 0 Å². The first-order valence-corrected chi connectivity index (χ1v) is 6.04. The third-order valence-corrected chi connectivity index (χ3v) is 2.98. The van der Waals surface area contributed by atoms with Crippen LogP contribution in [0.2, 0.25) is 0 Å². The maximum absolute atomic E-state index is 4.27. The maximum Gasteiger partial charge on any atom is 0.137 e. The molecule has 3 rings (SSSR count). The van der Waals surface area contributed by atoms with E-state index in [0.717, 1.165) is 29.8 Å². The number of nitrogens with zero attached hydrogens (tertiary/aromatic N) is 3. The van der Waals surface area contributed by atoms with Gasteiger partial charge in [0, 0.05) is 37.1 Å². The summed E-state index contributed by atoms with van der Waals surface area (Å²) in [5.41, 5.74) is 3.18. The second-order valence-corrected chi connectivity index (χ2v) is 4.15. The van der Waals surface area contributed by atoms with E-state index < -0.39 is 0 Å². The minimum Gasteiger partial charge on any atom is -0.378 e. The first kappa shape index (κ1) is 10.8. The Morgan fingerprint density at radius 1 is 1.44 bits per heavy atom. The van der Waals surface area contributed by atoms with E-state index in [1.165, 1.54) is 5.56 Å². The SMILES string of the molecule is CCn1cc(NCc2c[nH]c3ncccc23)cn1. The van der Waals surface area contributed by atoms with Crippen LogP contribution in [-0.4, -0.2) is 19.7 Å². The number of aromatic amines is 1. The van der Waals surface area contributed by atoms with E-state index in [0.29, 0.717) is 0 Å². The summed E-state index contributed by atoms with van der Waals surface area (Å²) in [6.07, 6.45) is 7.64. The van der Waals surface area contributed by atoms with E-state index in [1.807, 2.05) is 29.3 Å². The number of anilines is 1. The third-order valence-electron chi connectivity index (χ3n) is 2.98. The fraction of sp³-hybridized carbons (Fsp3) is 0.231. The summed E-state index contributed by atoms with van der Waals surface area (Å²) >= 11 is 0. The number of fused-ring (bicyclic) bond motifs is 1. The maximum atomic E-state index is 4.27. The Hall–Kier alpha value is -2.30. The number of hydrogen-bond donors (Lipinski definition) is 2. The summed E-state index contributed by atoms with van der Waals surface area (Å²) < 4.78 is 1.90. The van der Waals surface area contributed by atoms with Crippen LogP contribution in [0.15, 0.2) is 36.9 Å². The molecule has 0 saturated heterocycles. The molecule has 3 aromatic heterocycles. The van der Waals surface area contributed by atoms with Crippen LogP contribution in [0.1, 0.15) is 12.5 Å². The molecule has 0 amide bonds. The lowest BCUT2D eigenvalue weighted by Crippen LogP contribution is -1.98. The van der Waals surface area contributed by atoms with Crippen molar-refractivity contribution >= 4 is 16.7 Å². The quantitative estimate of drug-likeness (QED) is 0.737. The number of aromatic nitrogens is 4. The van der Waals surface area contributed by atoms with Gasteiger partial charge in [0.25, 0.3) is 0 Å². The average molecular weight is 241 g/mol. The summed E-state index contributed by atoms with van der Waals surface area (Å²) in [6.45, 7) is 3.72. The van der Waals surface area contributed by atoms with Gasteiger partial charge in [-0.25, -0.2) is 4.98 Å². The first-order valence-electron chi connectivity index (χ1n) is 6.04. The molecule has 3 aromatic rings. The summed E-state index contributed by atoms with van der Waals surface area (Å²) in [5, 5.41) is 8.75. The van der Waals surface area contributed by atoms with Crippen molar-refractivity contribution in [3.05, 3.63) is 42.5 Å². The lowest BCUT2D eigenvalue weighted by Gasteiger charge is -2.01. The van der Waals surface area contributed by atoms with E-state index in [2.05, 4.69) is 33.4 Å². The highest BCUT2D eigenvalue weighted by molar-refractivity contribution is 5.79. The molecule has 0 saturated carbocycles. The largest absolute Gasteiger partial charge is 0.378 e. The second-order valence-electron chi connectivity index (χ2n) is 4.15. The number of rotatable bonds is 4. The molecule has 0 aliphatic rings. The minimum atomic E-state index is 0.765. The van der Waals surface area contributed by atoms with Gasteiger partial charge in [-0.2, -0.15) is 5.10 Å². The molecule has 0 radical (unpaired) electrons. The van der Waals surface area contributed by atoms with Gasteiger partial charge in [-0.15, -0.1) is 0 Å². The van der Waals surface area contributed by atoms with E-state index in [-0.39, 0.29) is 0 Å². The minimum absolute atomic E-state index is 0.765. The van der Waals surface area contributed by atoms with Gasteiger partial charge in [0.15, 0.2) is 0 Å². The topological polar surface area (TPSA) is 58.5 Å². The Morgan fingerprint density at radius 2 is 2.39 bits per heavy atom. The van der Waals surface area contributed by atoms with E-state index in [4.69, 9.17) is 0 Å². The Balaban J connectivity index is 1.76. The molecule has 3 heterocycles. The molecule has 92 valence electrons. The van der Waals surface area contributed by atoms with Crippen LogP contribution in [0.4, 0.5) is 5.69 Å². The van der Waals surface area contributed by atoms with Crippen molar-refractivity contribution < 1.29 is 0 Å². The van der Waals surface area contributed by atoms with Gasteiger partial charge in [0.05, 0.1) is 11.9 Å². The fourth-order valence-electron chi connectivity index (χ4n) is 1.98. The number of pyridine rings is 1. The summed E-state index contributed by atoms with van der Waals surface area (Å²) in [4.78, 5) is 7.44. The molecule has 0 aromatic carbocycles. The molecule has 0 atom stereocenters. The zero-order valence-corrected chi connectivity index (χ0v) is 10.2. The normalized spacial score (nSPS) is 10.9. The molecule has 0 aliphatic heterocycles. The van der Waals surface area contributed by atoms with Gasteiger partial charge in [-0.1, -0.05) is 0 Å². The van der Waals surface area contributed by atoms with Crippen molar-refractivity contribution in [3.8, 4) is 0 Å². The molecule has 5 heteroatoms. The van der Waals surface area contributed by atoms with E-state index in [1.54, 1.807) is 6.20 Å². The van der Waals surface area contributed by atoms with Crippen molar-refractivity contribution in [1.82, 2.24) is 19.7 Å². The monoisotopic (exact) mass is 241 g/mol. The Morgan fingerprint density at radius 3 is 3.22 bits per heavy atom. The van der Waals surface area contributed by atoms with Crippen LogP contribution < -0.4 is 5.32 Å². The van der Waals surface area contributed by atoms with Crippen molar-refractivity contribution in [3.63, 3.8) is 0 Å². The number of nitrogens with one attached hydrogen (secondary N) is 2. The summed E-state index contributed by atoms with van der Waals surface area (Å²) in [6, 6.07) is 4.03. The zero-order valence-electron chi connectivity index (χ0n) is 10.2. The second kappa shape index (κ2) is 4.52. The standard InChI is InChI=1S/C13H15N5/c1-2-18-9-11(8-17-18)15-6-10-7-16-13-12(10)4-3-5-14-13/h3-5,7-9,15H,2,6H2,1H3,(H,14,16). The lowest BCUT2D eigenvalue weighted by atomic mass is 10.2. The molecule has 0 fully saturated rings. The van der Waals surface area contributed by atoms with Gasteiger partial charge >= 0.3 is 0 Å². The van der Waals surface area contributed by atoms with Crippen LogP contribution in [0.3, 0.4) is 0 Å². The van der Waals surface area contributed by atoms with Crippen LogP contribution in [-0.2, 0) is 13.1 Å². The molecular formula is C13H15N5. The fourth-order valence-corrected chi connectivity index (χ4v) is 1.98. The summed E-state index contributed by atoms with van der Waals surface area (Å²) in [7, 11) is 0. The lowest BCUT2D eigenvalue weighted by molar-refractivity contribution is 0.660. The van der Waals surface area contributed by atoms with Crippen molar-refractivity contribution in [2.45, 2.75) is 20.0 Å². The van der Waals surface area contributed by atoms with Crippen LogP contribution in [0.5, 0.6) is 0 Å². The van der Waals surface area contributed by atoms with Crippen LogP contribution in [0, 0.1) is 0 Å². The Kier molecular flexibility index (Phi) is 2.72. The molecule has 2 N–H and O–H groups in total. The van der Waals surface area contributed by atoms with Gasteiger partial charge in [-0.3, -0.25) is 4.68 Å². The molecule has 0 bridgehead atoms.